The summed E-state index contributed by atoms with van der Waals surface area (Å²) in [5.74, 6) is 1.98. The summed E-state index contributed by atoms with van der Waals surface area (Å²) >= 11 is 0. The molecule has 2 saturated heterocycles. The van der Waals surface area contributed by atoms with Gasteiger partial charge in [0, 0.05) is 23.7 Å². The molecule has 1 amide bonds. The summed E-state index contributed by atoms with van der Waals surface area (Å²) in [6.45, 7) is 3.82. The van der Waals surface area contributed by atoms with Crippen molar-refractivity contribution < 1.29 is 17.7 Å². The molecule has 2 aromatic carbocycles. The van der Waals surface area contributed by atoms with E-state index in [0.29, 0.717) is 25.7 Å². The Kier molecular flexibility index (Phi) is 5.48. The first-order chi connectivity index (χ1) is 17.3. The summed E-state index contributed by atoms with van der Waals surface area (Å²) < 4.78 is 32.0. The molecule has 0 N–H and O–H groups in total. The molecule has 4 aromatic rings. The molecule has 6 rings (SSSR count). The Morgan fingerprint density at radius 3 is 2.44 bits per heavy atom. The normalized spacial score (nSPS) is 20.4. The zero-order valence-electron chi connectivity index (χ0n) is 20.3. The van der Waals surface area contributed by atoms with Gasteiger partial charge in [0.1, 0.15) is 21.4 Å². The minimum atomic E-state index is -3.02. The number of aryl methyl sites for hydroxylation is 2. The van der Waals surface area contributed by atoms with E-state index >= 15 is 0 Å². The third kappa shape index (κ3) is 3.82. The average Bonchev–Trinajstić information content (AvgIpc) is 3.53. The van der Waals surface area contributed by atoms with Gasteiger partial charge in [0.25, 0.3) is 0 Å². The molecule has 36 heavy (non-hydrogen) atoms. The van der Waals surface area contributed by atoms with Crippen molar-refractivity contribution in [2.45, 2.75) is 51.6 Å². The van der Waals surface area contributed by atoms with Crippen molar-refractivity contribution in [1.82, 2.24) is 14.7 Å². The number of anilines is 1. The van der Waals surface area contributed by atoms with Gasteiger partial charge in [-0.2, -0.15) is 0 Å². The molecular weight excluding hydrogens is 476 g/mol. The number of carbonyl (C=O) groups excluding carboxylic acids is 1. The van der Waals surface area contributed by atoms with Gasteiger partial charge < -0.3 is 14.0 Å². The van der Waals surface area contributed by atoms with E-state index in [4.69, 9.17) is 9.51 Å². The van der Waals surface area contributed by atoms with Crippen LogP contribution in [0.5, 0.6) is 0 Å². The first-order valence-corrected chi connectivity index (χ1v) is 14.2. The number of carbonyl (C=O) groups is 1. The number of rotatable bonds is 4. The zero-order valence-corrected chi connectivity index (χ0v) is 21.2. The Labute approximate surface area is 209 Å². The van der Waals surface area contributed by atoms with E-state index in [-0.39, 0.29) is 29.5 Å². The van der Waals surface area contributed by atoms with Crippen LogP contribution in [0.4, 0.5) is 5.69 Å². The smallest absolute Gasteiger partial charge is 0.227 e. The Hall–Kier alpha value is -3.46. The number of fused-ring (bicyclic) bond motifs is 1. The molecule has 2 fully saturated rings. The van der Waals surface area contributed by atoms with Crippen molar-refractivity contribution in [3.8, 4) is 11.1 Å². The standard InChI is InChI=1S/C27H28N4O4S/c1-17-26(18(2)35-29-17)19-8-9-23-22(16-19)28-27(31(23)21-12-14-36(33,34)15-13-21)24-10-11-25(32)30(24)20-6-4-3-5-7-20/h3-9,16,21,24H,10-15H2,1-2H3. The van der Waals surface area contributed by atoms with Gasteiger partial charge in [-0.05, 0) is 62.9 Å². The number of benzene rings is 2. The summed E-state index contributed by atoms with van der Waals surface area (Å²) in [7, 11) is -3.02. The average molecular weight is 505 g/mol. The molecule has 2 aliphatic rings. The topological polar surface area (TPSA) is 98.3 Å². The van der Waals surface area contributed by atoms with E-state index in [1.54, 1.807) is 0 Å². The SMILES string of the molecule is Cc1noc(C)c1-c1ccc2c(c1)nc(C1CCC(=O)N1c1ccccc1)n2C1CCS(=O)(=O)CC1. The molecule has 2 aromatic heterocycles. The highest BCUT2D eigenvalue weighted by Crippen LogP contribution is 2.41. The molecule has 4 heterocycles. The van der Waals surface area contributed by atoms with Gasteiger partial charge in [0.15, 0.2) is 0 Å². The number of sulfone groups is 1. The summed E-state index contributed by atoms with van der Waals surface area (Å²) in [4.78, 5) is 20.0. The van der Waals surface area contributed by atoms with Crippen molar-refractivity contribution in [2.24, 2.45) is 0 Å². The first kappa shape index (κ1) is 23.0. The van der Waals surface area contributed by atoms with Gasteiger partial charge in [-0.25, -0.2) is 13.4 Å². The Bertz CT molecular complexity index is 1540. The molecule has 1 unspecified atom stereocenters. The van der Waals surface area contributed by atoms with Crippen molar-refractivity contribution in [1.29, 1.82) is 0 Å². The van der Waals surface area contributed by atoms with Crippen LogP contribution >= 0.6 is 0 Å². The predicted molar refractivity (Wildman–Crippen MR) is 138 cm³/mol. The lowest BCUT2D eigenvalue weighted by Crippen LogP contribution is -2.31. The number of imidazole rings is 1. The van der Waals surface area contributed by atoms with Crippen LogP contribution in [0, 0.1) is 13.8 Å². The number of para-hydroxylation sites is 1. The molecule has 9 heteroatoms. The number of nitrogens with zero attached hydrogens (tertiary/aromatic N) is 4. The van der Waals surface area contributed by atoms with E-state index in [1.807, 2.05) is 61.2 Å². The molecule has 0 aliphatic carbocycles. The fourth-order valence-corrected chi connectivity index (χ4v) is 7.23. The lowest BCUT2D eigenvalue weighted by molar-refractivity contribution is -0.117. The van der Waals surface area contributed by atoms with Gasteiger partial charge in [-0.15, -0.1) is 0 Å². The fourth-order valence-electron chi connectivity index (χ4n) is 5.76. The van der Waals surface area contributed by atoms with Crippen LogP contribution in [-0.4, -0.2) is 40.5 Å². The molecule has 0 saturated carbocycles. The lowest BCUT2D eigenvalue weighted by Gasteiger charge is -2.30. The molecule has 8 nitrogen and oxygen atoms in total. The predicted octanol–water partition coefficient (Wildman–Crippen LogP) is 4.93. The minimum Gasteiger partial charge on any atom is -0.361 e. The molecular formula is C27H28N4O4S. The van der Waals surface area contributed by atoms with Gasteiger partial charge in [-0.3, -0.25) is 4.79 Å². The van der Waals surface area contributed by atoms with Crippen LogP contribution in [0.2, 0.25) is 0 Å². The second-order valence-electron chi connectivity index (χ2n) is 9.78. The zero-order chi connectivity index (χ0) is 25.0. The maximum atomic E-state index is 13.0. The van der Waals surface area contributed by atoms with Crippen LogP contribution in [0.1, 0.15) is 55.0 Å². The van der Waals surface area contributed by atoms with Gasteiger partial charge in [0.2, 0.25) is 5.91 Å². The van der Waals surface area contributed by atoms with Crippen LogP contribution in [0.3, 0.4) is 0 Å². The van der Waals surface area contributed by atoms with Crippen LogP contribution in [0.25, 0.3) is 22.2 Å². The molecule has 0 bridgehead atoms. The summed E-state index contributed by atoms with van der Waals surface area (Å²) in [6.07, 6.45) is 2.20. The molecule has 1 atom stereocenters. The van der Waals surface area contributed by atoms with Crippen LogP contribution in [-0.2, 0) is 14.6 Å². The van der Waals surface area contributed by atoms with Gasteiger partial charge >= 0.3 is 0 Å². The molecule has 186 valence electrons. The summed E-state index contributed by atoms with van der Waals surface area (Å²) in [6, 6.07) is 15.6. The van der Waals surface area contributed by atoms with E-state index in [1.165, 1.54) is 0 Å². The molecule has 0 spiro atoms. The number of hydrogen-bond donors (Lipinski definition) is 0. The van der Waals surface area contributed by atoms with Crippen molar-refractivity contribution >= 4 is 32.5 Å². The highest BCUT2D eigenvalue weighted by molar-refractivity contribution is 7.91. The molecule has 2 aliphatic heterocycles. The Balaban J connectivity index is 1.51. The summed E-state index contributed by atoms with van der Waals surface area (Å²) in [5.41, 5.74) is 5.38. The van der Waals surface area contributed by atoms with Crippen molar-refractivity contribution in [3.63, 3.8) is 0 Å². The second-order valence-corrected chi connectivity index (χ2v) is 12.1. The van der Waals surface area contributed by atoms with Gasteiger partial charge in [-0.1, -0.05) is 29.4 Å². The van der Waals surface area contributed by atoms with E-state index in [2.05, 4.69) is 15.8 Å². The second kappa shape index (κ2) is 8.58. The highest BCUT2D eigenvalue weighted by Gasteiger charge is 2.38. The maximum absolute atomic E-state index is 13.0. The first-order valence-electron chi connectivity index (χ1n) is 12.3. The number of hydrogen-bond acceptors (Lipinski definition) is 6. The lowest BCUT2D eigenvalue weighted by atomic mass is 10.0. The monoisotopic (exact) mass is 504 g/mol. The number of aromatic nitrogens is 3. The Morgan fingerprint density at radius 1 is 1.00 bits per heavy atom. The largest absolute Gasteiger partial charge is 0.361 e. The van der Waals surface area contributed by atoms with E-state index in [9.17, 15) is 13.2 Å². The summed E-state index contributed by atoms with van der Waals surface area (Å²) in [5, 5.41) is 4.10. The Morgan fingerprint density at radius 2 is 1.75 bits per heavy atom. The van der Waals surface area contributed by atoms with Crippen molar-refractivity contribution in [2.75, 3.05) is 16.4 Å². The van der Waals surface area contributed by atoms with E-state index < -0.39 is 9.84 Å². The third-order valence-electron chi connectivity index (χ3n) is 7.47. The quantitative estimate of drug-likeness (QED) is 0.391. The maximum Gasteiger partial charge on any atom is 0.227 e. The van der Waals surface area contributed by atoms with E-state index in [0.717, 1.165) is 45.1 Å². The van der Waals surface area contributed by atoms with Crippen molar-refractivity contribution in [3.05, 3.63) is 65.8 Å². The van der Waals surface area contributed by atoms with Crippen LogP contribution in [0.15, 0.2) is 53.1 Å². The number of amides is 1. The van der Waals surface area contributed by atoms with Gasteiger partial charge in [0.05, 0.1) is 34.3 Å². The molecule has 0 radical (unpaired) electrons. The highest BCUT2D eigenvalue weighted by atomic mass is 32.2. The minimum absolute atomic E-state index is 0.00626. The fraction of sp³-hybridized carbons (Fsp3) is 0.370. The van der Waals surface area contributed by atoms with Crippen LogP contribution < -0.4 is 4.90 Å². The third-order valence-corrected chi connectivity index (χ3v) is 9.19.